The van der Waals surface area contributed by atoms with Crippen LogP contribution in [0.15, 0.2) is 66.7 Å². The minimum atomic E-state index is -0.523. The molecule has 3 aromatic rings. The van der Waals surface area contributed by atoms with Gasteiger partial charge in [-0.15, -0.1) is 11.3 Å². The minimum absolute atomic E-state index is 0.263. The number of Topliss-reactive ketones (excluding diaryl/α,β-unsaturated/α-hetero) is 1. The molecule has 120 valence electrons. The number of hydrogen-bond acceptors (Lipinski definition) is 4. The molecule has 1 heterocycles. The molecule has 0 bridgehead atoms. The number of carbonyl (C=O) groups excluding carboxylic acids is 2. The van der Waals surface area contributed by atoms with Crippen molar-refractivity contribution in [3.8, 4) is 11.1 Å². The summed E-state index contributed by atoms with van der Waals surface area (Å²) < 4.78 is 5.60. The molecule has 0 unspecified atom stereocenters. The summed E-state index contributed by atoms with van der Waals surface area (Å²) in [4.78, 5) is 24.4. The Morgan fingerprint density at radius 2 is 1.54 bits per heavy atom. The van der Waals surface area contributed by atoms with Crippen molar-refractivity contribution < 1.29 is 14.3 Å². The normalized spacial score (nSPS) is 10.4. The molecule has 0 aliphatic rings. The maximum absolute atomic E-state index is 12.0. The van der Waals surface area contributed by atoms with E-state index < -0.39 is 5.97 Å². The maximum atomic E-state index is 12.0. The quantitative estimate of drug-likeness (QED) is 0.471. The SMILES string of the molecule is O=C(OCC(=O)c1ccc(Cl)s1)c1ccc(-c2ccccc2)cc1. The van der Waals surface area contributed by atoms with Crippen molar-refractivity contribution in [3.63, 3.8) is 0 Å². The summed E-state index contributed by atoms with van der Waals surface area (Å²) in [6.45, 7) is -0.296. The maximum Gasteiger partial charge on any atom is 0.338 e. The number of ether oxygens (including phenoxy) is 1. The van der Waals surface area contributed by atoms with Crippen LogP contribution in [-0.2, 0) is 4.74 Å². The van der Waals surface area contributed by atoms with Crippen LogP contribution in [0.5, 0.6) is 0 Å². The van der Waals surface area contributed by atoms with E-state index >= 15 is 0 Å². The van der Waals surface area contributed by atoms with Gasteiger partial charge in [-0.2, -0.15) is 0 Å². The molecule has 0 fully saturated rings. The zero-order chi connectivity index (χ0) is 16.9. The molecule has 24 heavy (non-hydrogen) atoms. The highest BCUT2D eigenvalue weighted by atomic mass is 35.5. The first-order chi connectivity index (χ1) is 11.6. The molecular weight excluding hydrogens is 344 g/mol. The van der Waals surface area contributed by atoms with E-state index in [0.29, 0.717) is 14.8 Å². The van der Waals surface area contributed by atoms with Crippen LogP contribution < -0.4 is 0 Å². The highest BCUT2D eigenvalue weighted by Gasteiger charge is 2.13. The molecule has 0 saturated carbocycles. The predicted octanol–water partition coefficient (Wildman–Crippen LogP) is 5.11. The largest absolute Gasteiger partial charge is 0.454 e. The van der Waals surface area contributed by atoms with Crippen LogP contribution in [0.3, 0.4) is 0 Å². The molecule has 0 spiro atoms. The zero-order valence-electron chi connectivity index (χ0n) is 12.6. The summed E-state index contributed by atoms with van der Waals surface area (Å²) in [6, 6.07) is 20.2. The van der Waals surface area contributed by atoms with E-state index in [1.54, 1.807) is 24.3 Å². The van der Waals surface area contributed by atoms with Gasteiger partial charge >= 0.3 is 5.97 Å². The molecule has 0 saturated heterocycles. The van der Waals surface area contributed by atoms with Crippen LogP contribution in [0.1, 0.15) is 20.0 Å². The Morgan fingerprint density at radius 3 is 2.17 bits per heavy atom. The standard InChI is InChI=1S/C19H13ClO3S/c20-18-11-10-17(24-18)16(21)12-23-19(22)15-8-6-14(7-9-15)13-4-2-1-3-5-13/h1-11H,12H2. The Balaban J connectivity index is 1.62. The fourth-order valence-electron chi connectivity index (χ4n) is 2.18. The highest BCUT2D eigenvalue weighted by molar-refractivity contribution is 7.18. The van der Waals surface area contributed by atoms with Crippen LogP contribution in [0.25, 0.3) is 11.1 Å². The summed E-state index contributed by atoms with van der Waals surface area (Å²) in [5.74, 6) is -0.785. The van der Waals surface area contributed by atoms with Gasteiger partial charge in [0.15, 0.2) is 6.61 Å². The fourth-order valence-corrected chi connectivity index (χ4v) is 3.15. The molecular formula is C19H13ClO3S. The van der Waals surface area contributed by atoms with Gasteiger partial charge in [-0.25, -0.2) is 4.79 Å². The van der Waals surface area contributed by atoms with Crippen LogP contribution >= 0.6 is 22.9 Å². The second kappa shape index (κ2) is 7.43. The van der Waals surface area contributed by atoms with Crippen molar-refractivity contribution in [2.24, 2.45) is 0 Å². The molecule has 3 nitrogen and oxygen atoms in total. The molecule has 0 radical (unpaired) electrons. The first-order valence-electron chi connectivity index (χ1n) is 7.24. The van der Waals surface area contributed by atoms with Gasteiger partial charge in [-0.3, -0.25) is 4.79 Å². The smallest absolute Gasteiger partial charge is 0.338 e. The number of hydrogen-bond donors (Lipinski definition) is 0. The Kier molecular flexibility index (Phi) is 5.08. The lowest BCUT2D eigenvalue weighted by atomic mass is 10.0. The van der Waals surface area contributed by atoms with Crippen LogP contribution in [-0.4, -0.2) is 18.4 Å². The van der Waals surface area contributed by atoms with Crippen molar-refractivity contribution in [1.82, 2.24) is 0 Å². The van der Waals surface area contributed by atoms with E-state index in [4.69, 9.17) is 16.3 Å². The van der Waals surface area contributed by atoms with Gasteiger partial charge < -0.3 is 4.74 Å². The molecule has 0 N–H and O–H groups in total. The third-order valence-electron chi connectivity index (χ3n) is 3.41. The lowest BCUT2D eigenvalue weighted by molar-refractivity contribution is 0.0476. The third-order valence-corrected chi connectivity index (χ3v) is 4.68. The van der Waals surface area contributed by atoms with Gasteiger partial charge in [0.1, 0.15) is 0 Å². The molecule has 1 aromatic heterocycles. The summed E-state index contributed by atoms with van der Waals surface area (Å²) in [5.41, 5.74) is 2.49. The van der Waals surface area contributed by atoms with E-state index in [1.165, 1.54) is 11.3 Å². The molecule has 2 aromatic carbocycles. The molecule has 0 aliphatic heterocycles. The highest BCUT2D eigenvalue weighted by Crippen LogP contribution is 2.22. The number of rotatable bonds is 5. The summed E-state index contributed by atoms with van der Waals surface area (Å²) in [7, 11) is 0. The first-order valence-corrected chi connectivity index (χ1v) is 8.44. The summed E-state index contributed by atoms with van der Waals surface area (Å²) in [6.07, 6.45) is 0. The van der Waals surface area contributed by atoms with Crippen LogP contribution in [0, 0.1) is 0 Å². The Morgan fingerprint density at radius 1 is 0.875 bits per heavy atom. The van der Waals surface area contributed by atoms with Gasteiger partial charge in [0.2, 0.25) is 5.78 Å². The van der Waals surface area contributed by atoms with Crippen LogP contribution in [0.2, 0.25) is 4.34 Å². The molecule has 0 atom stereocenters. The summed E-state index contributed by atoms with van der Waals surface area (Å²) in [5, 5.41) is 0. The van der Waals surface area contributed by atoms with E-state index in [0.717, 1.165) is 11.1 Å². The van der Waals surface area contributed by atoms with Crippen molar-refractivity contribution in [2.45, 2.75) is 0 Å². The van der Waals surface area contributed by atoms with E-state index in [-0.39, 0.29) is 12.4 Å². The average Bonchev–Trinajstić information content (AvgIpc) is 3.07. The topological polar surface area (TPSA) is 43.4 Å². The predicted molar refractivity (Wildman–Crippen MR) is 95.8 cm³/mol. The second-order valence-electron chi connectivity index (χ2n) is 5.05. The third kappa shape index (κ3) is 3.91. The van der Waals surface area contributed by atoms with Crippen molar-refractivity contribution in [3.05, 3.63) is 81.5 Å². The molecule has 0 aliphatic carbocycles. The zero-order valence-corrected chi connectivity index (χ0v) is 14.1. The van der Waals surface area contributed by atoms with Crippen LogP contribution in [0.4, 0.5) is 0 Å². The van der Waals surface area contributed by atoms with Gasteiger partial charge in [0.05, 0.1) is 14.8 Å². The minimum Gasteiger partial charge on any atom is -0.454 e. The van der Waals surface area contributed by atoms with Gasteiger partial charge in [-0.1, -0.05) is 54.1 Å². The second-order valence-corrected chi connectivity index (χ2v) is 6.76. The Bertz CT molecular complexity index is 854. The number of benzene rings is 2. The number of thiophene rings is 1. The first kappa shape index (κ1) is 16.4. The molecule has 3 rings (SSSR count). The number of halogens is 1. The van der Waals surface area contributed by atoms with Gasteiger partial charge in [0, 0.05) is 0 Å². The van der Waals surface area contributed by atoms with Crippen molar-refractivity contribution >= 4 is 34.7 Å². The van der Waals surface area contributed by atoms with Gasteiger partial charge in [-0.05, 0) is 35.4 Å². The number of carbonyl (C=O) groups is 2. The van der Waals surface area contributed by atoms with E-state index in [2.05, 4.69) is 0 Å². The van der Waals surface area contributed by atoms with Crippen molar-refractivity contribution in [2.75, 3.05) is 6.61 Å². The van der Waals surface area contributed by atoms with Crippen molar-refractivity contribution in [1.29, 1.82) is 0 Å². The molecule has 5 heteroatoms. The number of esters is 1. The fraction of sp³-hybridized carbons (Fsp3) is 0.0526. The average molecular weight is 357 g/mol. The number of ketones is 1. The monoisotopic (exact) mass is 356 g/mol. The Labute approximate surface area is 148 Å². The lowest BCUT2D eigenvalue weighted by Gasteiger charge is -2.05. The van der Waals surface area contributed by atoms with E-state index in [1.807, 2.05) is 42.5 Å². The summed E-state index contributed by atoms with van der Waals surface area (Å²) >= 11 is 6.95. The molecule has 0 amide bonds. The van der Waals surface area contributed by atoms with Gasteiger partial charge in [0.25, 0.3) is 0 Å². The Hall–Kier alpha value is -2.43. The van der Waals surface area contributed by atoms with E-state index in [9.17, 15) is 9.59 Å². The lowest BCUT2D eigenvalue weighted by Crippen LogP contribution is -2.13.